The first-order valence-electron chi connectivity index (χ1n) is 9.98. The molecule has 0 bridgehead atoms. The molecule has 0 radical (unpaired) electrons. The third kappa shape index (κ3) is 4.17. The maximum atomic E-state index is 9.35. The molecular formula is C21H30N4O. The van der Waals surface area contributed by atoms with Gasteiger partial charge in [0.25, 0.3) is 0 Å². The molecule has 1 aromatic carbocycles. The van der Waals surface area contributed by atoms with Crippen LogP contribution in [0.15, 0.2) is 42.7 Å². The monoisotopic (exact) mass is 354 g/mol. The van der Waals surface area contributed by atoms with Crippen LogP contribution < -0.4 is 0 Å². The zero-order valence-corrected chi connectivity index (χ0v) is 15.5. The van der Waals surface area contributed by atoms with Crippen molar-refractivity contribution in [3.63, 3.8) is 0 Å². The van der Waals surface area contributed by atoms with E-state index in [1.165, 1.54) is 24.9 Å². The molecule has 5 heteroatoms. The fraction of sp³-hybridized carbons (Fsp3) is 0.571. The average molecular weight is 354 g/mol. The van der Waals surface area contributed by atoms with E-state index in [1.807, 2.05) is 23.1 Å². The lowest BCUT2D eigenvalue weighted by atomic mass is 9.94. The summed E-state index contributed by atoms with van der Waals surface area (Å²) in [5, 5.41) is 13.7. The topological polar surface area (TPSA) is 44.5 Å². The Hall–Kier alpha value is -1.69. The molecule has 1 aromatic heterocycles. The lowest BCUT2D eigenvalue weighted by Gasteiger charge is -2.42. The zero-order valence-electron chi connectivity index (χ0n) is 15.5. The van der Waals surface area contributed by atoms with Crippen molar-refractivity contribution >= 4 is 0 Å². The van der Waals surface area contributed by atoms with Crippen molar-refractivity contribution in [3.05, 3.63) is 48.3 Å². The Morgan fingerprint density at radius 2 is 1.96 bits per heavy atom. The van der Waals surface area contributed by atoms with E-state index < -0.39 is 0 Å². The molecule has 1 N–H and O–H groups in total. The highest BCUT2D eigenvalue weighted by atomic mass is 16.3. The second-order valence-corrected chi connectivity index (χ2v) is 7.81. The Kier molecular flexibility index (Phi) is 5.68. The van der Waals surface area contributed by atoms with E-state index in [9.17, 15) is 5.11 Å². The number of hydrogen-bond donors (Lipinski definition) is 1. The van der Waals surface area contributed by atoms with Gasteiger partial charge in [-0.1, -0.05) is 12.1 Å². The molecule has 3 heterocycles. The summed E-state index contributed by atoms with van der Waals surface area (Å²) in [4.78, 5) is 5.27. The van der Waals surface area contributed by atoms with Crippen molar-refractivity contribution in [1.82, 2.24) is 19.6 Å². The van der Waals surface area contributed by atoms with Crippen LogP contribution in [0.1, 0.15) is 31.2 Å². The third-order valence-corrected chi connectivity index (χ3v) is 5.99. The van der Waals surface area contributed by atoms with Crippen molar-refractivity contribution < 1.29 is 5.11 Å². The lowest BCUT2D eigenvalue weighted by Crippen LogP contribution is -2.50. The first-order valence-corrected chi connectivity index (χ1v) is 9.98. The number of aliphatic hydroxyl groups excluding tert-OH is 1. The number of nitrogens with zero attached hydrogens (tertiary/aromatic N) is 4. The van der Waals surface area contributed by atoms with Crippen LogP contribution in [0.25, 0.3) is 5.69 Å². The van der Waals surface area contributed by atoms with Gasteiger partial charge in [0.15, 0.2) is 0 Å². The van der Waals surface area contributed by atoms with E-state index in [0.29, 0.717) is 18.6 Å². The summed E-state index contributed by atoms with van der Waals surface area (Å²) >= 11 is 0. The van der Waals surface area contributed by atoms with Gasteiger partial charge in [-0.3, -0.25) is 9.80 Å². The van der Waals surface area contributed by atoms with E-state index in [4.69, 9.17) is 0 Å². The highest BCUT2D eigenvalue weighted by Gasteiger charge is 2.28. The van der Waals surface area contributed by atoms with Crippen molar-refractivity contribution in [2.75, 3.05) is 32.8 Å². The quantitative estimate of drug-likeness (QED) is 0.896. The zero-order chi connectivity index (χ0) is 17.8. The number of aliphatic hydroxyl groups is 1. The van der Waals surface area contributed by atoms with Crippen molar-refractivity contribution in [3.8, 4) is 5.69 Å². The Morgan fingerprint density at radius 3 is 2.73 bits per heavy atom. The summed E-state index contributed by atoms with van der Waals surface area (Å²) < 4.78 is 1.92. The molecule has 26 heavy (non-hydrogen) atoms. The minimum absolute atomic E-state index is 0.358. The Bertz CT molecular complexity index is 679. The fourth-order valence-electron chi connectivity index (χ4n) is 4.45. The second-order valence-electron chi connectivity index (χ2n) is 7.81. The minimum Gasteiger partial charge on any atom is -0.396 e. The number of piperidine rings is 2. The van der Waals surface area contributed by atoms with Crippen LogP contribution in [0.3, 0.4) is 0 Å². The predicted octanol–water partition coefficient (Wildman–Crippen LogP) is 2.54. The van der Waals surface area contributed by atoms with Crippen LogP contribution >= 0.6 is 0 Å². The molecule has 2 fully saturated rings. The van der Waals surface area contributed by atoms with Crippen molar-refractivity contribution in [2.45, 2.75) is 38.3 Å². The van der Waals surface area contributed by atoms with E-state index in [2.05, 4.69) is 39.2 Å². The van der Waals surface area contributed by atoms with Gasteiger partial charge in [-0.15, -0.1) is 0 Å². The van der Waals surface area contributed by atoms with Crippen LogP contribution in [0.2, 0.25) is 0 Å². The van der Waals surface area contributed by atoms with Gasteiger partial charge in [0.1, 0.15) is 0 Å². The second kappa shape index (κ2) is 8.33. The van der Waals surface area contributed by atoms with Crippen LogP contribution in [0, 0.1) is 5.92 Å². The number of hydrogen-bond acceptors (Lipinski definition) is 4. The fourth-order valence-corrected chi connectivity index (χ4v) is 4.45. The maximum absolute atomic E-state index is 9.35. The van der Waals surface area contributed by atoms with Crippen LogP contribution in [-0.2, 0) is 6.54 Å². The molecule has 2 aliphatic heterocycles. The smallest absolute Gasteiger partial charge is 0.0648 e. The predicted molar refractivity (Wildman–Crippen MR) is 103 cm³/mol. The number of likely N-dealkylation sites (tertiary alicyclic amines) is 2. The van der Waals surface area contributed by atoms with Crippen molar-refractivity contribution in [2.24, 2.45) is 5.92 Å². The molecule has 0 unspecified atom stereocenters. The Morgan fingerprint density at radius 1 is 1.08 bits per heavy atom. The van der Waals surface area contributed by atoms with E-state index in [0.717, 1.165) is 44.7 Å². The molecule has 1 atom stereocenters. The van der Waals surface area contributed by atoms with Crippen LogP contribution in [-0.4, -0.2) is 63.5 Å². The summed E-state index contributed by atoms with van der Waals surface area (Å²) in [6, 6.07) is 11.4. The van der Waals surface area contributed by atoms with Gasteiger partial charge in [-0.25, -0.2) is 4.68 Å². The third-order valence-electron chi connectivity index (χ3n) is 5.99. The molecule has 4 rings (SSSR count). The summed E-state index contributed by atoms with van der Waals surface area (Å²) in [6.45, 7) is 6.03. The highest BCUT2D eigenvalue weighted by Crippen LogP contribution is 2.24. The molecule has 140 valence electrons. The van der Waals surface area contributed by atoms with E-state index in [1.54, 1.807) is 0 Å². The Labute approximate surface area is 156 Å². The molecule has 2 aromatic rings. The molecule has 0 amide bonds. The van der Waals surface area contributed by atoms with Gasteiger partial charge < -0.3 is 5.11 Å². The molecule has 0 saturated carbocycles. The van der Waals surface area contributed by atoms with Gasteiger partial charge in [-0.2, -0.15) is 5.10 Å². The van der Waals surface area contributed by atoms with Crippen LogP contribution in [0.5, 0.6) is 0 Å². The van der Waals surface area contributed by atoms with Gasteiger partial charge in [0.05, 0.1) is 5.69 Å². The summed E-state index contributed by atoms with van der Waals surface area (Å²) in [7, 11) is 0. The van der Waals surface area contributed by atoms with Gasteiger partial charge in [0, 0.05) is 38.1 Å². The maximum Gasteiger partial charge on any atom is 0.0648 e. The van der Waals surface area contributed by atoms with E-state index in [-0.39, 0.29) is 0 Å². The molecule has 5 nitrogen and oxygen atoms in total. The van der Waals surface area contributed by atoms with Crippen molar-refractivity contribution in [1.29, 1.82) is 0 Å². The molecule has 0 spiro atoms. The highest BCUT2D eigenvalue weighted by molar-refractivity contribution is 5.35. The summed E-state index contributed by atoms with van der Waals surface area (Å²) in [5.41, 5.74) is 2.49. The van der Waals surface area contributed by atoms with Gasteiger partial charge >= 0.3 is 0 Å². The average Bonchev–Trinajstić information content (AvgIpc) is 3.23. The molecule has 2 aliphatic rings. The number of benzene rings is 1. The number of rotatable bonds is 5. The molecule has 0 aliphatic carbocycles. The SMILES string of the molecule is OCC1CCN([C@@H]2CCCN(Cc3cccc(-n4cccn4)c3)C2)CC1. The first-order chi connectivity index (χ1) is 12.8. The number of aromatic nitrogens is 2. The lowest BCUT2D eigenvalue weighted by molar-refractivity contribution is 0.0544. The molecular weight excluding hydrogens is 324 g/mol. The summed E-state index contributed by atoms with van der Waals surface area (Å²) in [6.07, 6.45) is 8.71. The normalized spacial score (nSPS) is 23.3. The standard InChI is InChI=1S/C21H30N4O/c26-17-18-7-12-24(13-8-18)21-6-2-10-23(16-21)15-19-4-1-5-20(14-19)25-11-3-9-22-25/h1,3-5,9,11,14,18,21,26H,2,6-8,10,12-13,15-17H2/t21-/m1/s1. The van der Waals surface area contributed by atoms with Gasteiger partial charge in [0.2, 0.25) is 0 Å². The summed E-state index contributed by atoms with van der Waals surface area (Å²) in [5.74, 6) is 0.524. The van der Waals surface area contributed by atoms with Gasteiger partial charge in [-0.05, 0) is 75.0 Å². The Balaban J connectivity index is 1.36. The van der Waals surface area contributed by atoms with E-state index >= 15 is 0 Å². The molecule has 2 saturated heterocycles. The van der Waals surface area contributed by atoms with Crippen LogP contribution in [0.4, 0.5) is 0 Å². The first kappa shape index (κ1) is 17.7. The largest absolute Gasteiger partial charge is 0.396 e. The minimum atomic E-state index is 0.358.